The summed E-state index contributed by atoms with van der Waals surface area (Å²) in [5.74, 6) is 0. The topological polar surface area (TPSA) is 24.7 Å². The highest BCUT2D eigenvalue weighted by molar-refractivity contribution is 6.32. The molecule has 0 aromatic rings. The van der Waals surface area contributed by atoms with Crippen molar-refractivity contribution in [3.8, 4) is 0 Å². The zero-order valence-corrected chi connectivity index (χ0v) is 6.02. The van der Waals surface area contributed by atoms with Crippen molar-refractivity contribution in [3.63, 3.8) is 0 Å². The molecule has 0 bridgehead atoms. The Hall–Kier alpha value is -0.660. The molecule has 2 radical (unpaired) electrons. The molecule has 0 aliphatic heterocycles. The van der Waals surface area contributed by atoms with E-state index in [2.05, 4.69) is 23.1 Å². The SMILES string of the molecule is [CH2]C(/[C]=N/CC)=NCC. The van der Waals surface area contributed by atoms with Crippen molar-refractivity contribution in [2.24, 2.45) is 9.98 Å². The van der Waals surface area contributed by atoms with Gasteiger partial charge < -0.3 is 0 Å². The van der Waals surface area contributed by atoms with E-state index in [1.165, 1.54) is 0 Å². The Kier molecular flexibility index (Phi) is 5.07. The van der Waals surface area contributed by atoms with Gasteiger partial charge in [-0.25, -0.2) is 0 Å². The Morgan fingerprint density at radius 1 is 1.44 bits per heavy atom. The van der Waals surface area contributed by atoms with E-state index < -0.39 is 0 Å². The fourth-order valence-electron chi connectivity index (χ4n) is 0.397. The molecule has 0 aromatic carbocycles. The lowest BCUT2D eigenvalue weighted by Crippen LogP contribution is -1.93. The predicted molar refractivity (Wildman–Crippen MR) is 41.3 cm³/mol. The zero-order valence-electron chi connectivity index (χ0n) is 6.02. The van der Waals surface area contributed by atoms with E-state index in [1.54, 1.807) is 0 Å². The minimum absolute atomic E-state index is 0.638. The smallest absolute Gasteiger partial charge is 0.105 e. The highest BCUT2D eigenvalue weighted by Crippen LogP contribution is 1.73. The molecule has 0 amide bonds. The molecule has 0 aromatic heterocycles. The zero-order chi connectivity index (χ0) is 7.11. The van der Waals surface area contributed by atoms with Gasteiger partial charge >= 0.3 is 0 Å². The summed E-state index contributed by atoms with van der Waals surface area (Å²) >= 11 is 0. The minimum atomic E-state index is 0.638. The van der Waals surface area contributed by atoms with Crippen LogP contribution in [0.25, 0.3) is 0 Å². The summed E-state index contributed by atoms with van der Waals surface area (Å²) in [7, 11) is 0. The molecular formula is C7H12N2. The van der Waals surface area contributed by atoms with Crippen LogP contribution in [0.4, 0.5) is 0 Å². The van der Waals surface area contributed by atoms with Crippen molar-refractivity contribution in [3.05, 3.63) is 6.92 Å². The number of hydrogen-bond donors (Lipinski definition) is 0. The van der Waals surface area contributed by atoms with Gasteiger partial charge in [-0.2, -0.15) is 0 Å². The van der Waals surface area contributed by atoms with Crippen LogP contribution in [-0.2, 0) is 0 Å². The average Bonchev–Trinajstić information content (AvgIpc) is 1.85. The number of aliphatic imine (C=N–C) groups is 2. The number of rotatable bonds is 3. The Bertz CT molecular complexity index is 114. The van der Waals surface area contributed by atoms with E-state index >= 15 is 0 Å². The third-order valence-corrected chi connectivity index (χ3v) is 0.715. The lowest BCUT2D eigenvalue weighted by atomic mass is 10.4. The molecule has 0 aliphatic carbocycles. The molecule has 0 heterocycles. The van der Waals surface area contributed by atoms with Crippen LogP contribution in [0.15, 0.2) is 9.98 Å². The monoisotopic (exact) mass is 124 g/mol. The highest BCUT2D eigenvalue weighted by Gasteiger charge is 1.80. The maximum Gasteiger partial charge on any atom is 0.105 e. The van der Waals surface area contributed by atoms with Crippen molar-refractivity contribution in [2.75, 3.05) is 13.1 Å². The lowest BCUT2D eigenvalue weighted by molar-refractivity contribution is 1.13. The molecule has 0 aliphatic rings. The summed E-state index contributed by atoms with van der Waals surface area (Å²) in [6, 6.07) is 0. The lowest BCUT2D eigenvalue weighted by Gasteiger charge is -1.85. The van der Waals surface area contributed by atoms with Gasteiger partial charge in [-0.1, -0.05) is 0 Å². The minimum Gasteiger partial charge on any atom is -0.288 e. The first-order chi connectivity index (χ1) is 4.31. The van der Waals surface area contributed by atoms with Crippen LogP contribution in [0.1, 0.15) is 13.8 Å². The summed E-state index contributed by atoms with van der Waals surface area (Å²) < 4.78 is 0. The molecule has 50 valence electrons. The molecule has 2 heteroatoms. The van der Waals surface area contributed by atoms with Crippen LogP contribution < -0.4 is 0 Å². The fraction of sp³-hybridized carbons (Fsp3) is 0.571. The first-order valence-electron chi connectivity index (χ1n) is 3.10. The van der Waals surface area contributed by atoms with Crippen LogP contribution in [0.3, 0.4) is 0 Å². The predicted octanol–water partition coefficient (Wildman–Crippen LogP) is 1.25. The quantitative estimate of drug-likeness (QED) is 0.506. The summed E-state index contributed by atoms with van der Waals surface area (Å²) in [6.45, 7) is 9.02. The van der Waals surface area contributed by atoms with Crippen molar-refractivity contribution in [2.45, 2.75) is 13.8 Å². The first-order valence-corrected chi connectivity index (χ1v) is 3.10. The molecule has 9 heavy (non-hydrogen) atoms. The molecule has 0 atom stereocenters. The van der Waals surface area contributed by atoms with Crippen LogP contribution >= 0.6 is 0 Å². The van der Waals surface area contributed by atoms with Gasteiger partial charge in [0.25, 0.3) is 0 Å². The van der Waals surface area contributed by atoms with E-state index in [-0.39, 0.29) is 0 Å². The standard InChI is InChI=1S/C7H12N2/c1-4-8-6-7(3)9-5-2/h3-5H2,1-2H3. The second kappa shape index (κ2) is 5.48. The van der Waals surface area contributed by atoms with Gasteiger partial charge in [0.1, 0.15) is 6.21 Å². The number of hydrogen-bond acceptors (Lipinski definition) is 2. The third kappa shape index (κ3) is 5.21. The Labute approximate surface area is 56.7 Å². The molecule has 0 N–H and O–H groups in total. The maximum atomic E-state index is 3.96. The van der Waals surface area contributed by atoms with Crippen LogP contribution in [0, 0.1) is 6.92 Å². The van der Waals surface area contributed by atoms with Gasteiger partial charge in [-0.3, -0.25) is 9.98 Å². The van der Waals surface area contributed by atoms with Crippen LogP contribution in [0.5, 0.6) is 0 Å². The van der Waals surface area contributed by atoms with Crippen molar-refractivity contribution in [1.29, 1.82) is 0 Å². The summed E-state index contributed by atoms with van der Waals surface area (Å²) in [6.07, 6.45) is 2.70. The van der Waals surface area contributed by atoms with Crippen LogP contribution in [-0.4, -0.2) is 25.0 Å². The van der Waals surface area contributed by atoms with Crippen molar-refractivity contribution < 1.29 is 0 Å². The third-order valence-electron chi connectivity index (χ3n) is 0.715. The van der Waals surface area contributed by atoms with E-state index in [1.807, 2.05) is 13.8 Å². The van der Waals surface area contributed by atoms with E-state index in [0.717, 1.165) is 13.1 Å². The van der Waals surface area contributed by atoms with Crippen LogP contribution in [0.2, 0.25) is 0 Å². The largest absolute Gasteiger partial charge is 0.288 e. The molecular weight excluding hydrogens is 112 g/mol. The van der Waals surface area contributed by atoms with Gasteiger partial charge in [0.2, 0.25) is 0 Å². The second-order valence-electron chi connectivity index (χ2n) is 1.51. The number of nitrogens with zero attached hydrogens (tertiary/aromatic N) is 2. The summed E-state index contributed by atoms with van der Waals surface area (Å²) in [4.78, 5) is 7.81. The maximum absolute atomic E-state index is 3.96. The van der Waals surface area contributed by atoms with E-state index in [9.17, 15) is 0 Å². The van der Waals surface area contributed by atoms with Crippen molar-refractivity contribution >= 4 is 11.9 Å². The van der Waals surface area contributed by atoms with Gasteiger partial charge in [-0.05, 0) is 20.8 Å². The van der Waals surface area contributed by atoms with Crippen molar-refractivity contribution in [1.82, 2.24) is 0 Å². The van der Waals surface area contributed by atoms with Gasteiger partial charge in [0.15, 0.2) is 0 Å². The summed E-state index contributed by atoms with van der Waals surface area (Å²) in [5, 5.41) is 0. The average molecular weight is 124 g/mol. The van der Waals surface area contributed by atoms with Gasteiger partial charge in [0, 0.05) is 13.1 Å². The van der Waals surface area contributed by atoms with Gasteiger partial charge in [-0.15, -0.1) is 0 Å². The molecule has 0 unspecified atom stereocenters. The Balaban J connectivity index is 3.60. The second-order valence-corrected chi connectivity index (χ2v) is 1.51. The van der Waals surface area contributed by atoms with E-state index in [4.69, 9.17) is 0 Å². The van der Waals surface area contributed by atoms with E-state index in [0.29, 0.717) is 5.71 Å². The molecule has 0 spiro atoms. The molecule has 0 rings (SSSR count). The molecule has 2 nitrogen and oxygen atoms in total. The normalized spacial score (nSPS) is 13.0. The Morgan fingerprint density at radius 3 is 2.56 bits per heavy atom. The molecule has 0 saturated carbocycles. The Morgan fingerprint density at radius 2 is 2.11 bits per heavy atom. The first kappa shape index (κ1) is 8.34. The fourth-order valence-corrected chi connectivity index (χ4v) is 0.397. The summed E-state index contributed by atoms with van der Waals surface area (Å²) in [5.41, 5.74) is 0.638. The molecule has 0 saturated heterocycles. The highest BCUT2D eigenvalue weighted by atomic mass is 14.8. The van der Waals surface area contributed by atoms with Gasteiger partial charge in [0.05, 0.1) is 5.71 Å². The molecule has 0 fully saturated rings.